The van der Waals surface area contributed by atoms with Gasteiger partial charge in [-0.2, -0.15) is 0 Å². The van der Waals surface area contributed by atoms with Crippen molar-refractivity contribution in [3.05, 3.63) is 29.8 Å². The summed E-state index contributed by atoms with van der Waals surface area (Å²) in [5.41, 5.74) is 2.19. The Balaban J connectivity index is 2.26. The largest absolute Gasteiger partial charge is 0.393 e. The second kappa shape index (κ2) is 4.66. The monoisotopic (exact) mass is 219 g/mol. The number of carbonyl (C=O) groups is 1. The number of para-hydroxylation sites is 1. The molecule has 1 aromatic carbocycles. The third-order valence-corrected chi connectivity index (χ3v) is 3.06. The van der Waals surface area contributed by atoms with Crippen molar-refractivity contribution in [2.75, 3.05) is 11.4 Å². The van der Waals surface area contributed by atoms with E-state index in [1.807, 2.05) is 24.3 Å². The van der Waals surface area contributed by atoms with E-state index in [4.69, 9.17) is 0 Å². The average Bonchev–Trinajstić information content (AvgIpc) is 2.29. The number of rotatable bonds is 2. The first-order valence-corrected chi connectivity index (χ1v) is 5.78. The molecule has 1 unspecified atom stereocenters. The number of amides is 1. The smallest absolute Gasteiger partial charge is 0.229 e. The van der Waals surface area contributed by atoms with Crippen molar-refractivity contribution in [3.8, 4) is 0 Å². The lowest BCUT2D eigenvalue weighted by atomic mass is 10.0. The maximum atomic E-state index is 11.8. The fraction of sp³-hybridized carbons (Fsp3) is 0.462. The van der Waals surface area contributed by atoms with Crippen LogP contribution in [0, 0.1) is 0 Å². The van der Waals surface area contributed by atoms with E-state index in [1.54, 1.807) is 4.90 Å². The van der Waals surface area contributed by atoms with Crippen molar-refractivity contribution in [2.24, 2.45) is 0 Å². The maximum absolute atomic E-state index is 11.8. The van der Waals surface area contributed by atoms with E-state index >= 15 is 0 Å². The van der Waals surface area contributed by atoms with Crippen LogP contribution in [0.15, 0.2) is 24.3 Å². The predicted molar refractivity (Wildman–Crippen MR) is 63.4 cm³/mol. The highest BCUT2D eigenvalue weighted by molar-refractivity contribution is 5.95. The minimum Gasteiger partial charge on any atom is -0.393 e. The Bertz CT molecular complexity index is 389. The lowest BCUT2D eigenvalue weighted by molar-refractivity contribution is -0.122. The highest BCUT2D eigenvalue weighted by Gasteiger charge is 2.26. The summed E-state index contributed by atoms with van der Waals surface area (Å²) in [5.74, 6) is 0.0275. The number of benzene rings is 1. The zero-order chi connectivity index (χ0) is 11.5. The van der Waals surface area contributed by atoms with Crippen molar-refractivity contribution in [1.82, 2.24) is 0 Å². The van der Waals surface area contributed by atoms with Crippen molar-refractivity contribution in [2.45, 2.75) is 32.3 Å². The van der Waals surface area contributed by atoms with E-state index in [0.717, 1.165) is 12.1 Å². The van der Waals surface area contributed by atoms with Gasteiger partial charge in [0.1, 0.15) is 0 Å². The molecule has 1 heterocycles. The molecule has 0 aromatic heterocycles. The molecule has 86 valence electrons. The SMILES string of the molecule is CCc1ccccc1N1CCC(O)CC1=O. The second-order valence-corrected chi connectivity index (χ2v) is 4.17. The molecule has 1 amide bonds. The Hall–Kier alpha value is -1.35. The van der Waals surface area contributed by atoms with Gasteiger partial charge in [0.05, 0.1) is 12.5 Å². The number of anilines is 1. The van der Waals surface area contributed by atoms with Crippen molar-refractivity contribution < 1.29 is 9.90 Å². The summed E-state index contributed by atoms with van der Waals surface area (Å²) in [6.45, 7) is 2.71. The summed E-state index contributed by atoms with van der Waals surface area (Å²) >= 11 is 0. The lowest BCUT2D eigenvalue weighted by Crippen LogP contribution is -2.41. The molecular weight excluding hydrogens is 202 g/mol. The number of aliphatic hydroxyl groups is 1. The molecule has 0 bridgehead atoms. The van der Waals surface area contributed by atoms with Crippen LogP contribution in [0.25, 0.3) is 0 Å². The molecule has 0 radical (unpaired) electrons. The van der Waals surface area contributed by atoms with E-state index in [9.17, 15) is 9.90 Å². The maximum Gasteiger partial charge on any atom is 0.229 e. The van der Waals surface area contributed by atoms with E-state index in [0.29, 0.717) is 13.0 Å². The van der Waals surface area contributed by atoms with Crippen LogP contribution >= 0.6 is 0 Å². The molecule has 0 aliphatic carbocycles. The van der Waals surface area contributed by atoms with Gasteiger partial charge >= 0.3 is 0 Å². The number of aliphatic hydroxyl groups excluding tert-OH is 1. The number of hydrogen-bond donors (Lipinski definition) is 1. The highest BCUT2D eigenvalue weighted by Crippen LogP contribution is 2.25. The Morgan fingerprint density at radius 2 is 2.19 bits per heavy atom. The number of piperidine rings is 1. The average molecular weight is 219 g/mol. The van der Waals surface area contributed by atoms with Crippen molar-refractivity contribution >= 4 is 11.6 Å². The normalized spacial score (nSPS) is 21.2. The van der Waals surface area contributed by atoms with Gasteiger partial charge in [-0.25, -0.2) is 0 Å². The molecule has 1 saturated heterocycles. The van der Waals surface area contributed by atoms with Gasteiger partial charge in [0, 0.05) is 12.2 Å². The van der Waals surface area contributed by atoms with Crippen LogP contribution in [0.5, 0.6) is 0 Å². The summed E-state index contributed by atoms with van der Waals surface area (Å²) in [7, 11) is 0. The minimum atomic E-state index is -0.461. The lowest BCUT2D eigenvalue weighted by Gasteiger charge is -2.30. The molecule has 1 aromatic rings. The number of aryl methyl sites for hydroxylation is 1. The van der Waals surface area contributed by atoms with Gasteiger partial charge in [-0.05, 0) is 24.5 Å². The number of nitrogens with zero attached hydrogens (tertiary/aromatic N) is 1. The zero-order valence-electron chi connectivity index (χ0n) is 9.52. The van der Waals surface area contributed by atoms with Crippen LogP contribution in [0.3, 0.4) is 0 Å². The predicted octanol–water partition coefficient (Wildman–Crippen LogP) is 1.74. The molecular formula is C13H17NO2. The van der Waals surface area contributed by atoms with Crippen molar-refractivity contribution in [3.63, 3.8) is 0 Å². The molecule has 1 aliphatic rings. The summed E-state index contributed by atoms with van der Waals surface area (Å²) in [5, 5.41) is 9.42. The first-order chi connectivity index (χ1) is 7.72. The van der Waals surface area contributed by atoms with Gasteiger partial charge in [0.2, 0.25) is 5.91 Å². The van der Waals surface area contributed by atoms with Crippen LogP contribution in [0.4, 0.5) is 5.69 Å². The standard InChI is InChI=1S/C13H17NO2/c1-2-10-5-3-4-6-12(10)14-8-7-11(15)9-13(14)16/h3-6,11,15H,2,7-9H2,1H3. The third-order valence-electron chi connectivity index (χ3n) is 3.06. The van der Waals surface area contributed by atoms with Crippen LogP contribution < -0.4 is 4.90 Å². The van der Waals surface area contributed by atoms with Gasteiger partial charge in [-0.1, -0.05) is 25.1 Å². The van der Waals surface area contributed by atoms with Crippen LogP contribution in [-0.4, -0.2) is 23.7 Å². The van der Waals surface area contributed by atoms with Crippen LogP contribution in [0.2, 0.25) is 0 Å². The molecule has 0 spiro atoms. The Labute approximate surface area is 95.7 Å². The van der Waals surface area contributed by atoms with E-state index < -0.39 is 6.10 Å². The molecule has 1 fully saturated rings. The van der Waals surface area contributed by atoms with Gasteiger partial charge in [0.25, 0.3) is 0 Å². The fourth-order valence-electron chi connectivity index (χ4n) is 2.14. The first kappa shape index (κ1) is 11.1. The fourth-order valence-corrected chi connectivity index (χ4v) is 2.14. The molecule has 1 N–H and O–H groups in total. The van der Waals surface area contributed by atoms with Gasteiger partial charge in [0.15, 0.2) is 0 Å². The second-order valence-electron chi connectivity index (χ2n) is 4.17. The van der Waals surface area contributed by atoms with E-state index in [2.05, 4.69) is 6.92 Å². The summed E-state index contributed by atoms with van der Waals surface area (Å²) < 4.78 is 0. The molecule has 16 heavy (non-hydrogen) atoms. The molecule has 3 nitrogen and oxygen atoms in total. The number of hydrogen-bond acceptors (Lipinski definition) is 2. The third kappa shape index (κ3) is 2.09. The minimum absolute atomic E-state index is 0.0275. The Kier molecular flexibility index (Phi) is 3.25. The molecule has 2 rings (SSSR count). The van der Waals surface area contributed by atoms with Gasteiger partial charge in [-0.3, -0.25) is 4.79 Å². The molecule has 3 heteroatoms. The summed E-state index contributed by atoms with van der Waals surface area (Å²) in [6.07, 6.45) is 1.38. The van der Waals surface area contributed by atoms with Gasteiger partial charge in [-0.15, -0.1) is 0 Å². The highest BCUT2D eigenvalue weighted by atomic mass is 16.3. The van der Waals surface area contributed by atoms with Crippen molar-refractivity contribution in [1.29, 1.82) is 0 Å². The molecule has 1 atom stereocenters. The molecule has 0 saturated carbocycles. The van der Waals surface area contributed by atoms with Crippen LogP contribution in [0.1, 0.15) is 25.3 Å². The Morgan fingerprint density at radius 1 is 1.44 bits per heavy atom. The summed E-state index contributed by atoms with van der Waals surface area (Å²) in [6, 6.07) is 7.97. The number of carbonyl (C=O) groups excluding carboxylic acids is 1. The van der Waals surface area contributed by atoms with E-state index in [-0.39, 0.29) is 12.3 Å². The molecule has 1 aliphatic heterocycles. The quantitative estimate of drug-likeness (QED) is 0.823. The Morgan fingerprint density at radius 3 is 2.88 bits per heavy atom. The summed E-state index contributed by atoms with van der Waals surface area (Å²) in [4.78, 5) is 13.6. The zero-order valence-corrected chi connectivity index (χ0v) is 9.52. The van der Waals surface area contributed by atoms with E-state index in [1.165, 1.54) is 5.56 Å². The van der Waals surface area contributed by atoms with Crippen LogP contribution in [-0.2, 0) is 11.2 Å². The topological polar surface area (TPSA) is 40.5 Å². The first-order valence-electron chi connectivity index (χ1n) is 5.78. The van der Waals surface area contributed by atoms with Gasteiger partial charge < -0.3 is 10.0 Å².